The molecule has 1 unspecified atom stereocenters. The SMILES string of the molecule is NC1C=CC([C@H]2C=C(Cc3ccc[nH]3)[C@]3(Oc4cc5oc(-c6cc(O)c(O)c(CCO)c6)cc(=O)c5c(O)c42)O[C@H](C(=O)O[C@H]2O[C@](CCO)(C(=O)O)C(O)(O)[C@H](O)[C@H]2O)[C@@H](O)[C@H](O)[C@H]3O)=CN1. The molecule has 0 amide bonds. The number of nitrogens with two attached hydrogens (primary N) is 1. The number of aliphatic hydroxyl groups excluding tert-OH is 7. The summed E-state index contributed by atoms with van der Waals surface area (Å²) >= 11 is 0. The van der Waals surface area contributed by atoms with Gasteiger partial charge in [0.1, 0.15) is 52.6 Å². The van der Waals surface area contributed by atoms with Gasteiger partial charge in [0.2, 0.25) is 17.7 Å². The molecule has 8 rings (SSSR count). The van der Waals surface area contributed by atoms with E-state index in [2.05, 4.69) is 10.3 Å². The van der Waals surface area contributed by atoms with Gasteiger partial charge in [-0.1, -0.05) is 12.2 Å². The Kier molecular flexibility index (Phi) is 12.7. The standard InChI is InChI=1S/C44H47N3O21/c45-28-4-3-18(16-47-28)22-13-20(12-21-2-1-7-46-21)43(66-27-15-26-30(32(53)29(22)27)23(50)14-25(64-26)19-10-17(5-8-48)31(52)24(51)11-19)37(57)34(55)33(54)36(67-43)39(59)65-40-35(56)38(58)44(62,63)42(68-40,6-9-49)41(60)61/h1-4,7,10-11,13-16,22,28,33-38,40,46-49,51-58,62-63H,5-6,8-9,12,45H2,(H,60,61)/t22-,28?,33+,34+,35-,36+,37-,38-,40+,42-,43+/m1/s1. The second-order valence-electron chi connectivity index (χ2n) is 16.6. The molecule has 364 valence electrons. The molecule has 4 aromatic rings. The highest BCUT2D eigenvalue weighted by atomic mass is 16.8. The highest BCUT2D eigenvalue weighted by molar-refractivity contribution is 5.89. The summed E-state index contributed by atoms with van der Waals surface area (Å²) in [4.78, 5) is 43.6. The van der Waals surface area contributed by atoms with Crippen LogP contribution in [-0.4, -0.2) is 163 Å². The number of carbonyl (C=O) groups excluding carboxylic acids is 1. The zero-order valence-electron chi connectivity index (χ0n) is 35.2. The molecule has 24 nitrogen and oxygen atoms in total. The van der Waals surface area contributed by atoms with Crippen molar-refractivity contribution in [1.82, 2.24) is 10.3 Å². The molecule has 4 aliphatic heterocycles. The van der Waals surface area contributed by atoms with Crippen molar-refractivity contribution in [3.63, 3.8) is 0 Å². The van der Waals surface area contributed by atoms with E-state index in [1.165, 1.54) is 18.3 Å². The van der Waals surface area contributed by atoms with Crippen LogP contribution in [0.3, 0.4) is 0 Å². The first-order valence-corrected chi connectivity index (χ1v) is 20.9. The van der Waals surface area contributed by atoms with Gasteiger partial charge in [-0.2, -0.15) is 0 Å². The molecule has 4 aliphatic rings. The molecular formula is C44H47N3O21. The van der Waals surface area contributed by atoms with E-state index in [0.717, 1.165) is 18.2 Å². The number of nitrogens with one attached hydrogen (secondary N) is 2. The summed E-state index contributed by atoms with van der Waals surface area (Å²) in [5, 5.41) is 143. The molecule has 11 atom stereocenters. The van der Waals surface area contributed by atoms with Crippen LogP contribution in [0.4, 0.5) is 0 Å². The van der Waals surface area contributed by atoms with Crippen LogP contribution in [0.5, 0.6) is 23.0 Å². The number of hydrogen-bond acceptors (Lipinski definition) is 22. The van der Waals surface area contributed by atoms with Gasteiger partial charge in [0.05, 0.1) is 6.17 Å². The molecule has 68 heavy (non-hydrogen) atoms. The molecule has 17 N–H and O–H groups in total. The number of hydrogen-bond donors (Lipinski definition) is 16. The van der Waals surface area contributed by atoms with Crippen molar-refractivity contribution in [3.8, 4) is 34.3 Å². The van der Waals surface area contributed by atoms with Crippen LogP contribution in [0.25, 0.3) is 22.3 Å². The maximum Gasteiger partial charge on any atom is 0.342 e. The number of aromatic amines is 1. The lowest BCUT2D eigenvalue weighted by atomic mass is 9.80. The fourth-order valence-corrected chi connectivity index (χ4v) is 8.84. The predicted octanol–water partition coefficient (Wildman–Crippen LogP) is -2.90. The predicted molar refractivity (Wildman–Crippen MR) is 226 cm³/mol. The summed E-state index contributed by atoms with van der Waals surface area (Å²) in [7, 11) is 0. The number of allylic oxidation sites excluding steroid dienone is 3. The first kappa shape index (κ1) is 48.1. The van der Waals surface area contributed by atoms with Gasteiger partial charge in [0.25, 0.3) is 5.79 Å². The number of H-pyrrole nitrogens is 1. The number of esters is 1. The summed E-state index contributed by atoms with van der Waals surface area (Å²) in [5.74, 6) is -14.3. The highest BCUT2D eigenvalue weighted by Gasteiger charge is 2.69. The van der Waals surface area contributed by atoms with Crippen molar-refractivity contribution in [2.75, 3.05) is 13.2 Å². The van der Waals surface area contributed by atoms with Gasteiger partial charge < -0.3 is 106 Å². The zero-order valence-corrected chi connectivity index (χ0v) is 35.2. The lowest BCUT2D eigenvalue weighted by Crippen LogP contribution is -2.76. The van der Waals surface area contributed by atoms with Crippen LogP contribution in [0.1, 0.15) is 29.2 Å². The smallest absolute Gasteiger partial charge is 0.342 e. The third-order valence-electron chi connectivity index (χ3n) is 12.4. The van der Waals surface area contributed by atoms with E-state index in [0.29, 0.717) is 11.3 Å². The number of benzene rings is 2. The molecule has 0 aliphatic carbocycles. The van der Waals surface area contributed by atoms with Crippen molar-refractivity contribution in [1.29, 1.82) is 0 Å². The van der Waals surface area contributed by atoms with Crippen LogP contribution in [0.2, 0.25) is 0 Å². The van der Waals surface area contributed by atoms with Crippen LogP contribution < -0.4 is 21.2 Å². The molecule has 0 radical (unpaired) electrons. The second kappa shape index (κ2) is 17.9. The fourth-order valence-electron chi connectivity index (χ4n) is 8.84. The van der Waals surface area contributed by atoms with E-state index in [1.54, 1.807) is 30.5 Å². The number of aromatic hydroxyl groups is 3. The lowest BCUT2D eigenvalue weighted by Gasteiger charge is -2.51. The highest BCUT2D eigenvalue weighted by Crippen LogP contribution is 2.52. The summed E-state index contributed by atoms with van der Waals surface area (Å²) in [6.07, 6.45) is -12.4. The number of phenols is 3. The number of carboxylic acid groups (broad SMARTS) is 1. The largest absolute Gasteiger partial charge is 0.507 e. The number of fused-ring (bicyclic) bond motifs is 2. The Balaban J connectivity index is 1.30. The first-order chi connectivity index (χ1) is 32.2. The molecule has 6 heterocycles. The molecular weight excluding hydrogens is 906 g/mol. The average molecular weight is 954 g/mol. The summed E-state index contributed by atoms with van der Waals surface area (Å²) in [5.41, 5.74) is 2.11. The summed E-state index contributed by atoms with van der Waals surface area (Å²) in [6, 6.07) is 7.76. The van der Waals surface area contributed by atoms with Gasteiger partial charge in [-0.15, -0.1) is 0 Å². The Labute approximate surface area is 381 Å². The van der Waals surface area contributed by atoms with Crippen molar-refractivity contribution in [3.05, 3.63) is 105 Å². The maximum atomic E-state index is 14.2. The minimum absolute atomic E-state index is 0.0481. The van der Waals surface area contributed by atoms with Crippen molar-refractivity contribution in [2.24, 2.45) is 5.73 Å². The number of ether oxygens (including phenoxy) is 4. The quantitative estimate of drug-likeness (QED) is 0.0310. The van der Waals surface area contributed by atoms with Gasteiger partial charge in [0, 0.05) is 84.5 Å². The third kappa shape index (κ3) is 7.84. The van der Waals surface area contributed by atoms with E-state index in [9.17, 15) is 80.8 Å². The monoisotopic (exact) mass is 953 g/mol. The Morgan fingerprint density at radius 3 is 2.31 bits per heavy atom. The number of aromatic nitrogens is 1. The topological polar surface area (TPSA) is 418 Å². The first-order valence-electron chi connectivity index (χ1n) is 20.9. The number of phenolic OH excluding ortho intramolecular Hbond substituents is 3. The zero-order chi connectivity index (χ0) is 49.2. The van der Waals surface area contributed by atoms with Crippen LogP contribution in [-0.2, 0) is 36.6 Å². The molecule has 2 aromatic heterocycles. The third-order valence-corrected chi connectivity index (χ3v) is 12.4. The Bertz CT molecular complexity index is 2770. The normalized spacial score (nSPS) is 30.9. The lowest BCUT2D eigenvalue weighted by molar-refractivity contribution is -0.408. The molecule has 2 saturated heterocycles. The molecule has 2 aromatic carbocycles. The van der Waals surface area contributed by atoms with Crippen molar-refractivity contribution < 1.29 is 99.3 Å². The van der Waals surface area contributed by atoms with E-state index in [4.69, 9.17) is 29.1 Å². The average Bonchev–Trinajstić information content (AvgIpc) is 3.77. The number of aliphatic carboxylic acids is 1. The summed E-state index contributed by atoms with van der Waals surface area (Å²) in [6.45, 7) is -1.52. The minimum atomic E-state index is -3.79. The van der Waals surface area contributed by atoms with Gasteiger partial charge in [-0.25, -0.2) is 9.59 Å². The fraction of sp³-hybridized carbons (Fsp3) is 0.386. The Morgan fingerprint density at radius 2 is 1.66 bits per heavy atom. The van der Waals surface area contributed by atoms with Crippen molar-refractivity contribution in [2.45, 2.75) is 91.4 Å². The van der Waals surface area contributed by atoms with Gasteiger partial charge in [-0.3, -0.25) is 4.79 Å². The number of aliphatic hydroxyl groups is 9. The molecule has 0 bridgehead atoms. The van der Waals surface area contributed by atoms with Gasteiger partial charge >= 0.3 is 11.9 Å². The Morgan fingerprint density at radius 1 is 0.912 bits per heavy atom. The Hall–Kier alpha value is -6.39. The molecule has 1 spiro atoms. The van der Waals surface area contributed by atoms with Crippen LogP contribution in [0.15, 0.2) is 87.4 Å². The van der Waals surface area contributed by atoms with E-state index in [1.807, 2.05) is 0 Å². The van der Waals surface area contributed by atoms with Gasteiger partial charge in [-0.05, 0) is 42.3 Å². The second-order valence-corrected chi connectivity index (χ2v) is 16.6. The van der Waals surface area contributed by atoms with Crippen molar-refractivity contribution >= 4 is 22.9 Å². The number of carbonyl (C=O) groups is 2. The molecule has 0 saturated carbocycles. The number of carboxylic acids is 1. The van der Waals surface area contributed by atoms with Crippen LogP contribution in [0, 0.1) is 0 Å². The van der Waals surface area contributed by atoms with Gasteiger partial charge in [0.15, 0.2) is 29.1 Å². The molecule has 24 heteroatoms. The van der Waals surface area contributed by atoms with Crippen LogP contribution >= 0.6 is 0 Å². The number of rotatable bonds is 11. The number of dihydropyridines is 1. The maximum absolute atomic E-state index is 14.2. The van der Waals surface area contributed by atoms with E-state index in [-0.39, 0.29) is 46.4 Å². The minimum Gasteiger partial charge on any atom is -0.507 e. The summed E-state index contributed by atoms with van der Waals surface area (Å²) < 4.78 is 29.4. The van der Waals surface area contributed by atoms with E-state index >= 15 is 0 Å². The molecule has 2 fully saturated rings. The van der Waals surface area contributed by atoms with E-state index < -0.39 is 138 Å².